The molecule has 0 bridgehead atoms. The molecule has 3 rings (SSSR count). The summed E-state index contributed by atoms with van der Waals surface area (Å²) in [4.78, 5) is 4.20. The lowest BCUT2D eigenvalue weighted by atomic mass is 10.2. The van der Waals surface area contributed by atoms with Gasteiger partial charge >= 0.3 is 0 Å². The molecule has 0 aliphatic rings. The van der Waals surface area contributed by atoms with Gasteiger partial charge < -0.3 is 4.42 Å². The molecule has 3 aromatic rings. The Labute approximate surface area is 84.8 Å². The van der Waals surface area contributed by atoms with Crippen molar-refractivity contribution in [3.8, 4) is 11.5 Å². The van der Waals surface area contributed by atoms with E-state index in [-0.39, 0.29) is 0 Å². The van der Waals surface area contributed by atoms with Gasteiger partial charge in [-0.25, -0.2) is 4.98 Å². The zero-order valence-electron chi connectivity index (χ0n) is 7.23. The molecule has 0 amide bonds. The number of fused-ring (bicyclic) bond motifs is 1. The van der Waals surface area contributed by atoms with Crippen LogP contribution in [0.15, 0.2) is 39.6 Å². The van der Waals surface area contributed by atoms with E-state index >= 15 is 0 Å². The van der Waals surface area contributed by atoms with Crippen LogP contribution in [0.2, 0.25) is 0 Å². The quantitative estimate of drug-likeness (QED) is 0.602. The van der Waals surface area contributed by atoms with Crippen molar-refractivity contribution in [1.82, 2.24) is 4.98 Å². The predicted octanol–water partition coefficient (Wildman–Crippen LogP) is 3.36. The summed E-state index contributed by atoms with van der Waals surface area (Å²) in [6.07, 6.45) is 0. The Balaban J connectivity index is 2.24. The van der Waals surface area contributed by atoms with Crippen LogP contribution in [0.25, 0.3) is 22.4 Å². The standard InChI is InChI=1S/C11H6NOS/c1-2-4-10-8(3-1)5-11(13-10)9-6-14-7-12-9/h2-7H. The third-order valence-electron chi connectivity index (χ3n) is 2.05. The Morgan fingerprint density at radius 2 is 2.43 bits per heavy atom. The zero-order chi connectivity index (χ0) is 9.38. The summed E-state index contributed by atoms with van der Waals surface area (Å²) in [5, 5.41) is 3.04. The van der Waals surface area contributed by atoms with Gasteiger partial charge in [0, 0.05) is 10.8 Å². The van der Waals surface area contributed by atoms with Crippen LogP contribution < -0.4 is 0 Å². The highest BCUT2D eigenvalue weighted by atomic mass is 32.1. The van der Waals surface area contributed by atoms with Gasteiger partial charge in [0.25, 0.3) is 0 Å². The molecule has 14 heavy (non-hydrogen) atoms. The molecule has 0 fully saturated rings. The normalized spacial score (nSPS) is 10.9. The first kappa shape index (κ1) is 7.76. The van der Waals surface area contributed by atoms with Gasteiger partial charge in [0.1, 0.15) is 11.3 Å². The molecular formula is C11H6NOS. The predicted molar refractivity (Wildman–Crippen MR) is 56.2 cm³/mol. The molecule has 0 aliphatic carbocycles. The molecular weight excluding hydrogens is 194 g/mol. The van der Waals surface area contributed by atoms with Crippen molar-refractivity contribution in [2.75, 3.05) is 0 Å². The highest BCUT2D eigenvalue weighted by molar-refractivity contribution is 7.07. The van der Waals surface area contributed by atoms with E-state index < -0.39 is 0 Å². The van der Waals surface area contributed by atoms with Crippen LogP contribution >= 0.6 is 11.3 Å². The Bertz CT molecular complexity index is 520. The fourth-order valence-corrected chi connectivity index (χ4v) is 1.93. The summed E-state index contributed by atoms with van der Waals surface area (Å²) in [5.41, 5.74) is 3.58. The molecule has 0 atom stereocenters. The van der Waals surface area contributed by atoms with Gasteiger partial charge in [-0.05, 0) is 24.3 Å². The van der Waals surface area contributed by atoms with Gasteiger partial charge in [0.2, 0.25) is 0 Å². The summed E-state index contributed by atoms with van der Waals surface area (Å²) in [7, 11) is 0. The summed E-state index contributed by atoms with van der Waals surface area (Å²) >= 11 is 1.57. The van der Waals surface area contributed by atoms with Gasteiger partial charge in [0.15, 0.2) is 5.76 Å². The van der Waals surface area contributed by atoms with Gasteiger partial charge in [-0.3, -0.25) is 0 Å². The molecule has 2 nitrogen and oxygen atoms in total. The zero-order valence-corrected chi connectivity index (χ0v) is 8.04. The Kier molecular flexibility index (Phi) is 1.64. The molecule has 0 N–H and O–H groups in total. The highest BCUT2D eigenvalue weighted by Crippen LogP contribution is 2.26. The van der Waals surface area contributed by atoms with Crippen molar-refractivity contribution in [2.45, 2.75) is 0 Å². The smallest absolute Gasteiger partial charge is 0.154 e. The third-order valence-corrected chi connectivity index (χ3v) is 2.63. The van der Waals surface area contributed by atoms with Crippen LogP contribution in [0.1, 0.15) is 0 Å². The third kappa shape index (κ3) is 1.14. The summed E-state index contributed by atoms with van der Waals surface area (Å²) in [6, 6.07) is 10.7. The molecule has 0 aliphatic heterocycles. The SMILES string of the molecule is [c]1ccc2oc(-c3cscn3)cc2c1. The monoisotopic (exact) mass is 200 g/mol. The minimum Gasteiger partial charge on any atom is -0.454 e. The Morgan fingerprint density at radius 1 is 1.43 bits per heavy atom. The van der Waals surface area contributed by atoms with Crippen LogP contribution in [-0.4, -0.2) is 4.98 Å². The first-order chi connectivity index (χ1) is 6.93. The van der Waals surface area contributed by atoms with E-state index in [0.717, 1.165) is 22.4 Å². The fraction of sp³-hybridized carbons (Fsp3) is 0. The van der Waals surface area contributed by atoms with Crippen molar-refractivity contribution >= 4 is 22.3 Å². The first-order valence-electron chi connectivity index (χ1n) is 4.22. The van der Waals surface area contributed by atoms with E-state index in [1.807, 2.05) is 29.6 Å². The average Bonchev–Trinajstić information content (AvgIpc) is 2.86. The van der Waals surface area contributed by atoms with E-state index in [4.69, 9.17) is 4.42 Å². The van der Waals surface area contributed by atoms with E-state index in [1.165, 1.54) is 0 Å². The van der Waals surface area contributed by atoms with Crippen molar-refractivity contribution in [3.05, 3.63) is 41.2 Å². The lowest BCUT2D eigenvalue weighted by Crippen LogP contribution is -1.68. The number of aromatic nitrogens is 1. The van der Waals surface area contributed by atoms with E-state index in [1.54, 1.807) is 16.8 Å². The number of nitrogens with zero attached hydrogens (tertiary/aromatic N) is 1. The number of thiazole rings is 1. The van der Waals surface area contributed by atoms with Crippen LogP contribution in [-0.2, 0) is 0 Å². The summed E-state index contributed by atoms with van der Waals surface area (Å²) in [6.45, 7) is 0. The molecule has 0 unspecified atom stereocenters. The number of hydrogen-bond acceptors (Lipinski definition) is 3. The lowest BCUT2D eigenvalue weighted by Gasteiger charge is -1.85. The maximum Gasteiger partial charge on any atom is 0.154 e. The average molecular weight is 200 g/mol. The maximum absolute atomic E-state index is 5.64. The number of furan rings is 1. The molecule has 1 aromatic carbocycles. The molecule has 0 spiro atoms. The van der Waals surface area contributed by atoms with Crippen molar-refractivity contribution in [1.29, 1.82) is 0 Å². The molecule has 0 saturated heterocycles. The molecule has 2 aromatic heterocycles. The number of hydrogen-bond donors (Lipinski definition) is 0. The van der Waals surface area contributed by atoms with Crippen molar-refractivity contribution in [3.63, 3.8) is 0 Å². The van der Waals surface area contributed by atoms with Gasteiger partial charge in [0.05, 0.1) is 5.51 Å². The molecule has 2 heterocycles. The number of rotatable bonds is 1. The minimum absolute atomic E-state index is 0.820. The molecule has 1 radical (unpaired) electrons. The van der Waals surface area contributed by atoms with Crippen LogP contribution in [0.3, 0.4) is 0 Å². The van der Waals surface area contributed by atoms with Crippen molar-refractivity contribution in [2.24, 2.45) is 0 Å². The highest BCUT2D eigenvalue weighted by Gasteiger charge is 2.06. The van der Waals surface area contributed by atoms with Crippen molar-refractivity contribution < 1.29 is 4.42 Å². The summed E-state index contributed by atoms with van der Waals surface area (Å²) < 4.78 is 5.64. The van der Waals surface area contributed by atoms with E-state index in [2.05, 4.69) is 11.1 Å². The minimum atomic E-state index is 0.820. The second kappa shape index (κ2) is 2.96. The Morgan fingerprint density at radius 3 is 3.21 bits per heavy atom. The van der Waals surface area contributed by atoms with E-state index in [9.17, 15) is 0 Å². The van der Waals surface area contributed by atoms with Gasteiger partial charge in [-0.2, -0.15) is 0 Å². The van der Waals surface area contributed by atoms with Crippen LogP contribution in [0.4, 0.5) is 0 Å². The number of benzene rings is 1. The summed E-state index contributed by atoms with van der Waals surface area (Å²) in [5.74, 6) is 0.820. The topological polar surface area (TPSA) is 26.0 Å². The largest absolute Gasteiger partial charge is 0.454 e. The van der Waals surface area contributed by atoms with Gasteiger partial charge in [-0.15, -0.1) is 11.3 Å². The fourth-order valence-electron chi connectivity index (χ4n) is 1.38. The first-order valence-corrected chi connectivity index (χ1v) is 5.16. The lowest BCUT2D eigenvalue weighted by molar-refractivity contribution is 0.629. The molecule has 0 saturated carbocycles. The van der Waals surface area contributed by atoms with Gasteiger partial charge in [-0.1, -0.05) is 6.07 Å². The van der Waals surface area contributed by atoms with E-state index in [0.29, 0.717) is 0 Å². The molecule has 67 valence electrons. The maximum atomic E-state index is 5.64. The second-order valence-electron chi connectivity index (χ2n) is 2.95. The van der Waals surface area contributed by atoms with Crippen LogP contribution in [0.5, 0.6) is 0 Å². The second-order valence-corrected chi connectivity index (χ2v) is 3.67. The Hall–Kier alpha value is -1.61. The van der Waals surface area contributed by atoms with Crippen LogP contribution in [0, 0.1) is 6.07 Å². The molecule has 3 heteroatoms.